The first-order valence-corrected chi connectivity index (χ1v) is 6.03. The summed E-state index contributed by atoms with van der Waals surface area (Å²) >= 11 is 0. The number of hydrogen-bond donors (Lipinski definition) is 1. The maximum absolute atomic E-state index is 11.7. The zero-order chi connectivity index (χ0) is 13.5. The van der Waals surface area contributed by atoms with Gasteiger partial charge in [0, 0.05) is 24.2 Å². The lowest BCUT2D eigenvalue weighted by atomic mass is 10.1. The minimum Gasteiger partial charge on any atom is -0.352 e. The zero-order valence-corrected chi connectivity index (χ0v) is 10.7. The maximum atomic E-state index is 11.7. The molecule has 1 N–H and O–H groups in total. The first-order valence-electron chi connectivity index (χ1n) is 6.03. The third kappa shape index (κ3) is 4.53. The van der Waals surface area contributed by atoms with Crippen LogP contribution in [-0.4, -0.2) is 17.4 Å². The van der Waals surface area contributed by atoms with Crippen molar-refractivity contribution in [1.82, 2.24) is 5.32 Å². The Morgan fingerprint density at radius 1 is 1.44 bits per heavy atom. The number of nitro benzene ring substituents is 1. The number of carbonyl (C=O) groups excluding carboxylic acids is 1. The van der Waals surface area contributed by atoms with Gasteiger partial charge < -0.3 is 5.32 Å². The Morgan fingerprint density at radius 3 is 2.78 bits per heavy atom. The molecule has 5 heteroatoms. The van der Waals surface area contributed by atoms with Crippen molar-refractivity contribution < 1.29 is 9.72 Å². The molecule has 0 spiro atoms. The molecule has 0 aliphatic carbocycles. The zero-order valence-electron chi connectivity index (χ0n) is 10.7. The standard InChI is InChI=1S/C13H18N2O3/c1-10(2)5-4-8-14-13(16)11-6-3-7-12(9-11)15(17)18/h3,6-7,9-10H,4-5,8H2,1-2H3,(H,14,16). The van der Waals surface area contributed by atoms with Gasteiger partial charge in [-0.15, -0.1) is 0 Å². The van der Waals surface area contributed by atoms with Crippen molar-refractivity contribution in [1.29, 1.82) is 0 Å². The molecule has 0 radical (unpaired) electrons. The molecule has 0 heterocycles. The van der Waals surface area contributed by atoms with Crippen LogP contribution in [0.5, 0.6) is 0 Å². The van der Waals surface area contributed by atoms with Gasteiger partial charge >= 0.3 is 0 Å². The lowest BCUT2D eigenvalue weighted by Gasteiger charge is -2.06. The van der Waals surface area contributed by atoms with E-state index in [1.54, 1.807) is 6.07 Å². The molecule has 0 fully saturated rings. The van der Waals surface area contributed by atoms with Crippen LogP contribution >= 0.6 is 0 Å². The molecule has 0 atom stereocenters. The molecule has 1 aromatic carbocycles. The number of rotatable bonds is 6. The predicted molar refractivity (Wildman–Crippen MR) is 69.5 cm³/mol. The van der Waals surface area contributed by atoms with Gasteiger partial charge in [0.2, 0.25) is 0 Å². The summed E-state index contributed by atoms with van der Waals surface area (Å²) in [7, 11) is 0. The molecule has 0 aliphatic rings. The summed E-state index contributed by atoms with van der Waals surface area (Å²) < 4.78 is 0. The van der Waals surface area contributed by atoms with E-state index in [4.69, 9.17) is 0 Å². The van der Waals surface area contributed by atoms with Crippen LogP contribution in [0.25, 0.3) is 0 Å². The third-order valence-corrected chi connectivity index (χ3v) is 2.56. The number of hydrogen-bond acceptors (Lipinski definition) is 3. The van der Waals surface area contributed by atoms with Crippen LogP contribution in [0.4, 0.5) is 5.69 Å². The highest BCUT2D eigenvalue weighted by Gasteiger charge is 2.10. The normalized spacial score (nSPS) is 10.4. The largest absolute Gasteiger partial charge is 0.352 e. The molecule has 0 unspecified atom stereocenters. The number of nitrogens with one attached hydrogen (secondary N) is 1. The summed E-state index contributed by atoms with van der Waals surface area (Å²) in [5.74, 6) is 0.349. The molecule has 0 aromatic heterocycles. The Labute approximate surface area is 106 Å². The Morgan fingerprint density at radius 2 is 2.17 bits per heavy atom. The molecule has 18 heavy (non-hydrogen) atoms. The van der Waals surface area contributed by atoms with Crippen molar-refractivity contribution in [2.45, 2.75) is 26.7 Å². The molecule has 0 aliphatic heterocycles. The minimum atomic E-state index is -0.504. The topological polar surface area (TPSA) is 72.2 Å². The number of carbonyl (C=O) groups is 1. The van der Waals surface area contributed by atoms with Gasteiger partial charge in [0.1, 0.15) is 0 Å². The van der Waals surface area contributed by atoms with Crippen molar-refractivity contribution in [2.24, 2.45) is 5.92 Å². The van der Waals surface area contributed by atoms with Crippen LogP contribution in [0.3, 0.4) is 0 Å². The van der Waals surface area contributed by atoms with Crippen LogP contribution in [0.1, 0.15) is 37.0 Å². The second kappa shape index (κ2) is 6.74. The average Bonchev–Trinajstić information content (AvgIpc) is 2.34. The van der Waals surface area contributed by atoms with E-state index in [9.17, 15) is 14.9 Å². The molecule has 0 bridgehead atoms. The number of nitro groups is 1. The molecular weight excluding hydrogens is 232 g/mol. The van der Waals surface area contributed by atoms with Gasteiger partial charge in [-0.25, -0.2) is 0 Å². The van der Waals surface area contributed by atoms with Gasteiger partial charge in [0.25, 0.3) is 11.6 Å². The third-order valence-electron chi connectivity index (χ3n) is 2.56. The van der Waals surface area contributed by atoms with Gasteiger partial charge in [0.05, 0.1) is 4.92 Å². The van der Waals surface area contributed by atoms with Crippen LogP contribution in [0.2, 0.25) is 0 Å². The Bertz CT molecular complexity index is 430. The molecule has 1 rings (SSSR count). The van der Waals surface area contributed by atoms with E-state index in [-0.39, 0.29) is 11.6 Å². The van der Waals surface area contributed by atoms with Crippen molar-refractivity contribution in [2.75, 3.05) is 6.54 Å². The quantitative estimate of drug-likeness (QED) is 0.479. The molecule has 98 valence electrons. The fourth-order valence-electron chi connectivity index (χ4n) is 1.58. The lowest BCUT2D eigenvalue weighted by molar-refractivity contribution is -0.384. The number of non-ortho nitro benzene ring substituents is 1. The maximum Gasteiger partial charge on any atom is 0.270 e. The summed E-state index contributed by atoms with van der Waals surface area (Å²) in [6, 6.07) is 5.75. The first kappa shape index (κ1) is 14.2. The van der Waals surface area contributed by atoms with E-state index in [1.807, 2.05) is 0 Å². The highest BCUT2D eigenvalue weighted by atomic mass is 16.6. The molecule has 5 nitrogen and oxygen atoms in total. The van der Waals surface area contributed by atoms with E-state index >= 15 is 0 Å². The fraction of sp³-hybridized carbons (Fsp3) is 0.462. The van der Waals surface area contributed by atoms with Crippen LogP contribution in [0, 0.1) is 16.0 Å². The number of benzene rings is 1. The average molecular weight is 250 g/mol. The Balaban J connectivity index is 2.51. The molecule has 1 aromatic rings. The summed E-state index contributed by atoms with van der Waals surface area (Å²) in [5.41, 5.74) is 0.263. The highest BCUT2D eigenvalue weighted by molar-refractivity contribution is 5.94. The summed E-state index contributed by atoms with van der Waals surface area (Å²) in [6.07, 6.45) is 1.97. The van der Waals surface area contributed by atoms with Gasteiger partial charge in [-0.3, -0.25) is 14.9 Å². The van der Waals surface area contributed by atoms with Crippen molar-refractivity contribution in [3.63, 3.8) is 0 Å². The second-order valence-electron chi connectivity index (χ2n) is 4.60. The molecular formula is C13H18N2O3. The fourth-order valence-corrected chi connectivity index (χ4v) is 1.58. The van der Waals surface area contributed by atoms with Crippen molar-refractivity contribution in [3.05, 3.63) is 39.9 Å². The van der Waals surface area contributed by atoms with E-state index in [0.717, 1.165) is 12.8 Å². The molecule has 0 saturated carbocycles. The van der Waals surface area contributed by atoms with E-state index in [0.29, 0.717) is 18.0 Å². The highest BCUT2D eigenvalue weighted by Crippen LogP contribution is 2.12. The van der Waals surface area contributed by atoms with Crippen LogP contribution < -0.4 is 5.32 Å². The molecule has 1 amide bonds. The second-order valence-corrected chi connectivity index (χ2v) is 4.60. The minimum absolute atomic E-state index is 0.0650. The lowest BCUT2D eigenvalue weighted by Crippen LogP contribution is -2.24. The van der Waals surface area contributed by atoms with Gasteiger partial charge in [-0.2, -0.15) is 0 Å². The summed E-state index contributed by atoms with van der Waals surface area (Å²) in [4.78, 5) is 21.8. The van der Waals surface area contributed by atoms with Crippen LogP contribution in [-0.2, 0) is 0 Å². The SMILES string of the molecule is CC(C)CCCNC(=O)c1cccc([N+](=O)[O-])c1. The first-order chi connectivity index (χ1) is 8.50. The van der Waals surface area contributed by atoms with Crippen LogP contribution in [0.15, 0.2) is 24.3 Å². The van der Waals surface area contributed by atoms with Gasteiger partial charge in [-0.05, 0) is 24.8 Å². The van der Waals surface area contributed by atoms with Crippen molar-refractivity contribution in [3.8, 4) is 0 Å². The molecule has 0 saturated heterocycles. The van der Waals surface area contributed by atoms with Crippen molar-refractivity contribution >= 4 is 11.6 Å². The van der Waals surface area contributed by atoms with Gasteiger partial charge in [-0.1, -0.05) is 19.9 Å². The predicted octanol–water partition coefficient (Wildman–Crippen LogP) is 2.76. The van der Waals surface area contributed by atoms with Gasteiger partial charge in [0.15, 0.2) is 0 Å². The summed E-state index contributed by atoms with van der Waals surface area (Å²) in [6.45, 7) is 4.85. The Kier molecular flexibility index (Phi) is 5.30. The number of nitrogens with zero attached hydrogens (tertiary/aromatic N) is 1. The monoisotopic (exact) mass is 250 g/mol. The van der Waals surface area contributed by atoms with E-state index in [1.165, 1.54) is 18.2 Å². The summed E-state index contributed by atoms with van der Waals surface area (Å²) in [5, 5.41) is 13.3. The smallest absolute Gasteiger partial charge is 0.270 e. The van der Waals surface area contributed by atoms with E-state index in [2.05, 4.69) is 19.2 Å². The number of amides is 1. The van der Waals surface area contributed by atoms with E-state index < -0.39 is 4.92 Å². The Hall–Kier alpha value is -1.91.